The number of hydrogen-bond acceptors (Lipinski definition) is 3. The van der Waals surface area contributed by atoms with Crippen molar-refractivity contribution in [2.75, 3.05) is 0 Å². The van der Waals surface area contributed by atoms with Gasteiger partial charge in [0.25, 0.3) is 0 Å². The molecule has 0 aliphatic carbocycles. The lowest BCUT2D eigenvalue weighted by molar-refractivity contribution is 1.01. The third-order valence-corrected chi connectivity index (χ3v) is 2.08. The first kappa shape index (κ1) is 8.64. The van der Waals surface area contributed by atoms with Crippen LogP contribution < -0.4 is 0 Å². The third kappa shape index (κ3) is 1.31. The number of para-hydroxylation sites is 2. The van der Waals surface area contributed by atoms with Gasteiger partial charge in [-0.3, -0.25) is 0 Å². The largest absolute Gasteiger partial charge is 0.248 e. The van der Waals surface area contributed by atoms with Crippen molar-refractivity contribution in [3.8, 4) is 6.07 Å². The number of aromatic nitrogens is 2. The molecule has 0 unspecified atom stereocenters. The second-order valence-corrected chi connectivity index (χ2v) is 2.97. The number of hydrogen-bond donors (Lipinski definition) is 0. The molecular weight excluding hydrogens is 174 g/mol. The van der Waals surface area contributed by atoms with Gasteiger partial charge >= 0.3 is 0 Å². The van der Waals surface area contributed by atoms with Crippen LogP contribution in [0.1, 0.15) is 18.3 Å². The van der Waals surface area contributed by atoms with Gasteiger partial charge in [-0.25, -0.2) is 9.97 Å². The van der Waals surface area contributed by atoms with E-state index < -0.39 is 0 Å². The number of rotatable bonds is 1. The fourth-order valence-electron chi connectivity index (χ4n) is 1.37. The Hall–Kier alpha value is -1.95. The minimum atomic E-state index is 0.436. The summed E-state index contributed by atoms with van der Waals surface area (Å²) in [6.45, 7) is 1.97. The second-order valence-electron chi connectivity index (χ2n) is 2.97. The molecule has 0 spiro atoms. The summed E-state index contributed by atoms with van der Waals surface area (Å²) in [5, 5.41) is 8.86. The van der Waals surface area contributed by atoms with Crippen molar-refractivity contribution in [3.63, 3.8) is 0 Å². The zero-order valence-electron chi connectivity index (χ0n) is 7.86. The Labute approximate surface area is 82.0 Å². The van der Waals surface area contributed by atoms with Crippen molar-refractivity contribution >= 4 is 11.0 Å². The van der Waals surface area contributed by atoms with E-state index in [0.29, 0.717) is 5.69 Å². The molecule has 0 aliphatic rings. The number of nitrogens with zero attached hydrogens (tertiary/aromatic N) is 3. The Balaban J connectivity index is 2.77. The minimum absolute atomic E-state index is 0.436. The van der Waals surface area contributed by atoms with Crippen LogP contribution in [-0.2, 0) is 6.42 Å². The molecule has 2 rings (SSSR count). The molecule has 2 aromatic rings. The number of fused-ring (bicyclic) bond motifs is 1. The van der Waals surface area contributed by atoms with Gasteiger partial charge < -0.3 is 0 Å². The van der Waals surface area contributed by atoms with Crippen molar-refractivity contribution in [2.24, 2.45) is 0 Å². The van der Waals surface area contributed by atoms with Crippen LogP contribution in [0.5, 0.6) is 0 Å². The molecule has 0 saturated heterocycles. The normalized spacial score (nSPS) is 10.0. The van der Waals surface area contributed by atoms with Crippen molar-refractivity contribution in [3.05, 3.63) is 35.7 Å². The maximum atomic E-state index is 8.86. The molecule has 0 atom stereocenters. The van der Waals surface area contributed by atoms with Crippen LogP contribution in [0, 0.1) is 11.3 Å². The molecule has 0 amide bonds. The minimum Gasteiger partial charge on any atom is -0.248 e. The van der Waals surface area contributed by atoms with Crippen LogP contribution in [0.4, 0.5) is 0 Å². The van der Waals surface area contributed by atoms with Gasteiger partial charge in [-0.1, -0.05) is 19.1 Å². The lowest BCUT2D eigenvalue weighted by atomic mass is 10.2. The maximum absolute atomic E-state index is 8.86. The van der Waals surface area contributed by atoms with Crippen LogP contribution >= 0.6 is 0 Å². The summed E-state index contributed by atoms with van der Waals surface area (Å²) in [5.74, 6) is 0. The number of nitriles is 1. The smallest absolute Gasteiger partial charge is 0.162 e. The first-order valence-corrected chi connectivity index (χ1v) is 4.51. The van der Waals surface area contributed by atoms with Crippen molar-refractivity contribution in [2.45, 2.75) is 13.3 Å². The Morgan fingerprint density at radius 1 is 1.21 bits per heavy atom. The highest BCUT2D eigenvalue weighted by Crippen LogP contribution is 2.12. The predicted octanol–water partition coefficient (Wildman–Crippen LogP) is 2.06. The van der Waals surface area contributed by atoms with Gasteiger partial charge in [0.05, 0.1) is 16.7 Å². The molecule has 3 nitrogen and oxygen atoms in total. The van der Waals surface area contributed by atoms with E-state index in [-0.39, 0.29) is 0 Å². The van der Waals surface area contributed by atoms with E-state index in [1.807, 2.05) is 31.2 Å². The van der Waals surface area contributed by atoms with Gasteiger partial charge in [0.1, 0.15) is 6.07 Å². The summed E-state index contributed by atoms with van der Waals surface area (Å²) >= 11 is 0. The van der Waals surface area contributed by atoms with Gasteiger partial charge in [-0.05, 0) is 18.6 Å². The molecule has 0 saturated carbocycles. The van der Waals surface area contributed by atoms with Gasteiger partial charge in [0.2, 0.25) is 0 Å². The van der Waals surface area contributed by atoms with E-state index in [4.69, 9.17) is 5.26 Å². The fraction of sp³-hybridized carbons (Fsp3) is 0.182. The van der Waals surface area contributed by atoms with Crippen molar-refractivity contribution in [1.82, 2.24) is 9.97 Å². The topological polar surface area (TPSA) is 49.6 Å². The van der Waals surface area contributed by atoms with Crippen LogP contribution in [0.3, 0.4) is 0 Å². The zero-order valence-corrected chi connectivity index (χ0v) is 7.86. The summed E-state index contributed by atoms with van der Waals surface area (Å²) < 4.78 is 0. The zero-order chi connectivity index (χ0) is 9.97. The highest BCUT2D eigenvalue weighted by molar-refractivity contribution is 5.74. The van der Waals surface area contributed by atoms with E-state index in [2.05, 4.69) is 16.0 Å². The first-order valence-electron chi connectivity index (χ1n) is 4.51. The Morgan fingerprint density at radius 3 is 2.43 bits per heavy atom. The molecule has 3 heteroatoms. The standard InChI is InChI=1S/C11H9N3/c1-2-8-11(7-12)14-10-6-4-3-5-9(10)13-8/h3-6H,2H2,1H3. The van der Waals surface area contributed by atoms with Crippen LogP contribution in [0.2, 0.25) is 0 Å². The van der Waals surface area contributed by atoms with Crippen LogP contribution in [0.15, 0.2) is 24.3 Å². The van der Waals surface area contributed by atoms with Crippen molar-refractivity contribution < 1.29 is 0 Å². The average Bonchev–Trinajstić information content (AvgIpc) is 2.27. The average molecular weight is 183 g/mol. The molecule has 0 N–H and O–H groups in total. The molecular formula is C11H9N3. The summed E-state index contributed by atoms with van der Waals surface area (Å²) in [4.78, 5) is 8.62. The van der Waals surface area contributed by atoms with E-state index in [1.165, 1.54) is 0 Å². The Morgan fingerprint density at radius 2 is 1.86 bits per heavy atom. The Kier molecular flexibility index (Phi) is 2.11. The summed E-state index contributed by atoms with van der Waals surface area (Å²) in [6.07, 6.45) is 0.737. The first-order chi connectivity index (χ1) is 6.85. The molecule has 0 radical (unpaired) electrons. The highest BCUT2D eigenvalue weighted by atomic mass is 14.8. The van der Waals surface area contributed by atoms with Gasteiger partial charge in [-0.2, -0.15) is 5.26 Å². The SMILES string of the molecule is CCc1nc2ccccc2nc1C#N. The lowest BCUT2D eigenvalue weighted by Gasteiger charge is -2.01. The molecule has 0 fully saturated rings. The van der Waals surface area contributed by atoms with E-state index >= 15 is 0 Å². The van der Waals surface area contributed by atoms with Crippen LogP contribution in [-0.4, -0.2) is 9.97 Å². The quantitative estimate of drug-likeness (QED) is 0.680. The maximum Gasteiger partial charge on any atom is 0.162 e. The van der Waals surface area contributed by atoms with E-state index in [1.54, 1.807) is 0 Å². The third-order valence-electron chi connectivity index (χ3n) is 2.08. The second kappa shape index (κ2) is 3.43. The Bertz CT molecular complexity index is 511. The van der Waals surface area contributed by atoms with Crippen LogP contribution in [0.25, 0.3) is 11.0 Å². The molecule has 0 aliphatic heterocycles. The molecule has 0 bridgehead atoms. The van der Waals surface area contributed by atoms with E-state index in [0.717, 1.165) is 23.1 Å². The van der Waals surface area contributed by atoms with Crippen molar-refractivity contribution in [1.29, 1.82) is 5.26 Å². The molecule has 14 heavy (non-hydrogen) atoms. The molecule has 1 aromatic carbocycles. The molecule has 1 aromatic heterocycles. The summed E-state index contributed by atoms with van der Waals surface area (Å²) in [7, 11) is 0. The van der Waals surface area contributed by atoms with Gasteiger partial charge in [-0.15, -0.1) is 0 Å². The van der Waals surface area contributed by atoms with Gasteiger partial charge in [0.15, 0.2) is 5.69 Å². The van der Waals surface area contributed by atoms with Gasteiger partial charge in [0, 0.05) is 0 Å². The lowest BCUT2D eigenvalue weighted by Crippen LogP contribution is -1.97. The summed E-state index contributed by atoms with van der Waals surface area (Å²) in [6, 6.07) is 9.65. The number of benzene rings is 1. The molecule has 68 valence electrons. The monoisotopic (exact) mass is 183 g/mol. The predicted molar refractivity (Wildman–Crippen MR) is 53.6 cm³/mol. The number of aryl methyl sites for hydroxylation is 1. The molecule has 1 heterocycles. The summed E-state index contributed by atoms with van der Waals surface area (Å²) in [5.41, 5.74) is 2.84. The highest BCUT2D eigenvalue weighted by Gasteiger charge is 2.05. The van der Waals surface area contributed by atoms with E-state index in [9.17, 15) is 0 Å². The fourth-order valence-corrected chi connectivity index (χ4v) is 1.37.